The first-order chi connectivity index (χ1) is 10.1. The summed E-state index contributed by atoms with van der Waals surface area (Å²) in [4.78, 5) is 0. The first-order valence-corrected chi connectivity index (χ1v) is 9.44. The Morgan fingerprint density at radius 2 is 1.62 bits per heavy atom. The van der Waals surface area contributed by atoms with Crippen molar-refractivity contribution in [2.45, 2.75) is 40.0 Å². The van der Waals surface area contributed by atoms with Gasteiger partial charge in [-0.3, -0.25) is 0 Å². The Morgan fingerprint density at radius 3 is 2.24 bits per heavy atom. The lowest BCUT2D eigenvalue weighted by Crippen LogP contribution is -1.90. The summed E-state index contributed by atoms with van der Waals surface area (Å²) in [5.74, 6) is 0. The van der Waals surface area contributed by atoms with E-state index in [2.05, 4.69) is 54.9 Å². The van der Waals surface area contributed by atoms with E-state index in [0.29, 0.717) is 0 Å². The van der Waals surface area contributed by atoms with Crippen molar-refractivity contribution in [3.05, 3.63) is 44.4 Å². The maximum atomic E-state index is 6.62. The summed E-state index contributed by atoms with van der Waals surface area (Å²) >= 11 is 12.2. The predicted molar refractivity (Wildman–Crippen MR) is 100 cm³/mol. The first kappa shape index (κ1) is 15.3. The molecule has 1 heterocycles. The Bertz CT molecular complexity index is 832. The Morgan fingerprint density at radius 1 is 0.952 bits per heavy atom. The highest BCUT2D eigenvalue weighted by molar-refractivity contribution is 9.10. The van der Waals surface area contributed by atoms with Gasteiger partial charge in [0.2, 0.25) is 0 Å². The second-order valence-electron chi connectivity index (χ2n) is 5.27. The van der Waals surface area contributed by atoms with Gasteiger partial charge < -0.3 is 0 Å². The van der Waals surface area contributed by atoms with Crippen molar-refractivity contribution in [3.8, 4) is 0 Å². The molecule has 1 aromatic heterocycles. The quantitative estimate of drug-likeness (QED) is 0.451. The Kier molecular flexibility index (Phi) is 4.31. The molecule has 0 nitrogen and oxygen atoms in total. The minimum Gasteiger partial charge on any atom is -0.135 e. The van der Waals surface area contributed by atoms with Crippen LogP contribution in [0.15, 0.2) is 22.7 Å². The third-order valence-electron chi connectivity index (χ3n) is 4.17. The van der Waals surface area contributed by atoms with E-state index >= 15 is 0 Å². The maximum Gasteiger partial charge on any atom is 0.0484 e. The minimum absolute atomic E-state index is 0.969. The van der Waals surface area contributed by atoms with Crippen LogP contribution in [0.2, 0.25) is 5.02 Å². The fraction of sp³-hybridized carbons (Fsp3) is 0.333. The molecule has 2 aromatic carbocycles. The van der Waals surface area contributed by atoms with Gasteiger partial charge in [-0.1, -0.05) is 54.4 Å². The van der Waals surface area contributed by atoms with Crippen molar-refractivity contribution in [2.75, 3.05) is 0 Å². The van der Waals surface area contributed by atoms with Crippen LogP contribution in [0.1, 0.15) is 37.5 Å². The van der Waals surface area contributed by atoms with Crippen LogP contribution >= 0.6 is 38.9 Å². The summed E-state index contributed by atoms with van der Waals surface area (Å²) in [6.45, 7) is 6.59. The van der Waals surface area contributed by atoms with Crippen LogP contribution in [0, 0.1) is 0 Å². The molecular formula is C18H18BrClS. The van der Waals surface area contributed by atoms with Crippen LogP contribution in [-0.2, 0) is 19.3 Å². The topological polar surface area (TPSA) is 0 Å². The summed E-state index contributed by atoms with van der Waals surface area (Å²) < 4.78 is 3.98. The van der Waals surface area contributed by atoms with Crippen LogP contribution in [0.25, 0.3) is 20.2 Å². The lowest BCUT2D eigenvalue weighted by Gasteiger charge is -2.08. The van der Waals surface area contributed by atoms with E-state index in [0.717, 1.165) is 24.3 Å². The van der Waals surface area contributed by atoms with E-state index in [1.807, 2.05) is 11.3 Å². The zero-order valence-corrected chi connectivity index (χ0v) is 15.7. The van der Waals surface area contributed by atoms with Gasteiger partial charge in [0, 0.05) is 29.7 Å². The first-order valence-electron chi connectivity index (χ1n) is 7.46. The van der Waals surface area contributed by atoms with Crippen molar-refractivity contribution in [3.63, 3.8) is 0 Å². The van der Waals surface area contributed by atoms with Gasteiger partial charge >= 0.3 is 0 Å². The number of fused-ring (bicyclic) bond motifs is 3. The molecule has 0 saturated heterocycles. The van der Waals surface area contributed by atoms with Crippen LogP contribution in [0.3, 0.4) is 0 Å². The number of hydrogen-bond donors (Lipinski definition) is 0. The minimum atomic E-state index is 0.969. The highest BCUT2D eigenvalue weighted by Crippen LogP contribution is 2.43. The van der Waals surface area contributed by atoms with E-state index in [4.69, 9.17) is 11.6 Å². The Labute approximate surface area is 143 Å². The number of thiophene rings is 1. The fourth-order valence-electron chi connectivity index (χ4n) is 3.01. The molecule has 0 aliphatic carbocycles. The average Bonchev–Trinajstić information content (AvgIpc) is 2.84. The molecule has 0 bridgehead atoms. The molecule has 0 aliphatic heterocycles. The van der Waals surface area contributed by atoms with Gasteiger partial charge in [0.1, 0.15) is 0 Å². The summed E-state index contributed by atoms with van der Waals surface area (Å²) in [6.07, 6.45) is 3.01. The van der Waals surface area contributed by atoms with Crippen molar-refractivity contribution in [2.24, 2.45) is 0 Å². The molecule has 0 aliphatic rings. The van der Waals surface area contributed by atoms with Gasteiger partial charge in [-0.05, 0) is 48.1 Å². The molecule has 0 fully saturated rings. The fourth-order valence-corrected chi connectivity index (χ4v) is 5.75. The number of aryl methyl sites for hydroxylation is 3. The molecule has 0 radical (unpaired) electrons. The van der Waals surface area contributed by atoms with E-state index in [1.165, 1.54) is 41.3 Å². The van der Waals surface area contributed by atoms with Gasteiger partial charge in [0.15, 0.2) is 0 Å². The van der Waals surface area contributed by atoms with Crippen LogP contribution in [0.5, 0.6) is 0 Å². The predicted octanol–water partition coefficient (Wildman–Crippen LogP) is 7.16. The maximum absolute atomic E-state index is 6.62. The third-order valence-corrected chi connectivity index (χ3v) is 6.72. The molecule has 3 heteroatoms. The van der Waals surface area contributed by atoms with Crippen LogP contribution in [0.4, 0.5) is 0 Å². The second kappa shape index (κ2) is 5.91. The van der Waals surface area contributed by atoms with Gasteiger partial charge in [-0.15, -0.1) is 11.3 Å². The second-order valence-corrected chi connectivity index (χ2v) is 7.52. The molecule has 3 aromatic rings. The standard InChI is InChI=1S/C18H18BrClS/c1-4-10-9-14-13-7-8-15(19)11(5-2)17(13)21-18(14)12(6-3)16(10)20/h7-9H,4-6H2,1-3H3. The van der Waals surface area contributed by atoms with Gasteiger partial charge in [-0.2, -0.15) is 0 Å². The van der Waals surface area contributed by atoms with Gasteiger partial charge in [0.25, 0.3) is 0 Å². The number of hydrogen-bond acceptors (Lipinski definition) is 1. The highest BCUT2D eigenvalue weighted by Gasteiger charge is 2.16. The summed E-state index contributed by atoms with van der Waals surface area (Å²) in [5, 5.41) is 3.71. The smallest absolute Gasteiger partial charge is 0.0484 e. The van der Waals surface area contributed by atoms with Crippen molar-refractivity contribution in [1.29, 1.82) is 0 Å². The summed E-state index contributed by atoms with van der Waals surface area (Å²) in [5.41, 5.74) is 3.98. The largest absolute Gasteiger partial charge is 0.135 e. The molecule has 0 saturated carbocycles. The zero-order valence-electron chi connectivity index (χ0n) is 12.5. The number of benzene rings is 2. The lowest BCUT2D eigenvalue weighted by molar-refractivity contribution is 1.11. The molecule has 0 amide bonds. The van der Waals surface area contributed by atoms with E-state index < -0.39 is 0 Å². The van der Waals surface area contributed by atoms with Crippen molar-refractivity contribution >= 4 is 59.0 Å². The van der Waals surface area contributed by atoms with E-state index in [9.17, 15) is 0 Å². The molecule has 0 N–H and O–H groups in total. The van der Waals surface area contributed by atoms with Crippen LogP contribution in [-0.4, -0.2) is 0 Å². The molecule has 110 valence electrons. The molecule has 21 heavy (non-hydrogen) atoms. The molecular weight excluding hydrogens is 364 g/mol. The zero-order chi connectivity index (χ0) is 15.1. The highest BCUT2D eigenvalue weighted by atomic mass is 79.9. The number of halogens is 2. The average molecular weight is 382 g/mol. The molecule has 0 spiro atoms. The van der Waals surface area contributed by atoms with E-state index in [-0.39, 0.29) is 0 Å². The number of rotatable bonds is 3. The monoisotopic (exact) mass is 380 g/mol. The van der Waals surface area contributed by atoms with Crippen LogP contribution < -0.4 is 0 Å². The summed E-state index contributed by atoms with van der Waals surface area (Å²) in [7, 11) is 0. The van der Waals surface area contributed by atoms with Crippen molar-refractivity contribution < 1.29 is 0 Å². The Balaban J connectivity index is 2.51. The normalized spacial score (nSPS) is 11.7. The molecule has 3 rings (SSSR count). The SMILES string of the molecule is CCc1cc2c(sc3c(CC)c(Br)ccc32)c(CC)c1Cl. The van der Waals surface area contributed by atoms with Crippen molar-refractivity contribution in [1.82, 2.24) is 0 Å². The van der Waals surface area contributed by atoms with Gasteiger partial charge in [0.05, 0.1) is 0 Å². The lowest BCUT2D eigenvalue weighted by atomic mass is 10.0. The Hall–Kier alpha value is -0.570. The van der Waals surface area contributed by atoms with Gasteiger partial charge in [-0.25, -0.2) is 0 Å². The molecule has 0 unspecified atom stereocenters. The molecule has 0 atom stereocenters. The third kappa shape index (κ3) is 2.32. The summed E-state index contributed by atoms with van der Waals surface area (Å²) in [6, 6.07) is 6.71. The van der Waals surface area contributed by atoms with E-state index in [1.54, 1.807) is 0 Å².